The minimum Gasteiger partial charge on any atom is -0.477 e. The van der Waals surface area contributed by atoms with Gasteiger partial charge in [-0.05, 0) is 12.1 Å². The van der Waals surface area contributed by atoms with Crippen molar-refractivity contribution < 1.29 is 23.2 Å². The molecule has 0 saturated carbocycles. The van der Waals surface area contributed by atoms with Gasteiger partial charge in [0.25, 0.3) is 0 Å². The topological polar surface area (TPSA) is 127 Å². The molecule has 0 bridgehead atoms. The summed E-state index contributed by atoms with van der Waals surface area (Å²) >= 11 is 0. The molecule has 0 atom stereocenters. The van der Waals surface area contributed by atoms with Crippen LogP contribution in [-0.2, 0) is 9.84 Å². The van der Waals surface area contributed by atoms with Gasteiger partial charge in [0, 0.05) is 12.3 Å². The zero-order chi connectivity index (χ0) is 15.3. The van der Waals surface area contributed by atoms with E-state index in [1.54, 1.807) is 0 Å². The minimum absolute atomic E-state index is 0.0128. The van der Waals surface area contributed by atoms with Crippen LogP contribution in [-0.4, -0.2) is 42.5 Å². The zero-order valence-electron chi connectivity index (χ0n) is 10.7. The van der Waals surface area contributed by atoms with Gasteiger partial charge in [0.1, 0.15) is 11.3 Å². The second kappa shape index (κ2) is 6.33. The number of sulfone groups is 1. The fourth-order valence-electron chi connectivity index (χ4n) is 1.54. The molecule has 8 nitrogen and oxygen atoms in total. The highest BCUT2D eigenvalue weighted by atomic mass is 32.2. The number of nitrogens with one attached hydrogen (secondary N) is 1. The number of carbonyl (C=O) groups is 1. The highest BCUT2D eigenvalue weighted by Gasteiger charge is 2.24. The summed E-state index contributed by atoms with van der Waals surface area (Å²) in [5.41, 5.74) is -1.03. The minimum atomic E-state index is -3.20. The first-order chi connectivity index (χ1) is 9.28. The molecule has 2 N–H and O–H groups in total. The number of nitrogens with zero attached hydrogens (tertiary/aromatic N) is 1. The van der Waals surface area contributed by atoms with E-state index in [9.17, 15) is 23.3 Å². The summed E-state index contributed by atoms with van der Waals surface area (Å²) in [6.45, 7) is 1.48. The van der Waals surface area contributed by atoms with E-state index in [0.29, 0.717) is 0 Å². The Hall–Kier alpha value is -2.16. The van der Waals surface area contributed by atoms with Crippen molar-refractivity contribution in [1.29, 1.82) is 0 Å². The van der Waals surface area contributed by atoms with Crippen molar-refractivity contribution in [3.63, 3.8) is 0 Å². The molecule has 9 heteroatoms. The van der Waals surface area contributed by atoms with E-state index in [1.165, 1.54) is 19.1 Å². The summed E-state index contributed by atoms with van der Waals surface area (Å²) in [7, 11) is -3.20. The monoisotopic (exact) mass is 302 g/mol. The van der Waals surface area contributed by atoms with E-state index in [2.05, 4.69) is 5.32 Å². The Morgan fingerprint density at radius 2 is 2.10 bits per heavy atom. The third kappa shape index (κ3) is 3.92. The summed E-state index contributed by atoms with van der Waals surface area (Å²) in [6.07, 6.45) is 0. The van der Waals surface area contributed by atoms with Gasteiger partial charge < -0.3 is 10.4 Å². The van der Waals surface area contributed by atoms with Crippen molar-refractivity contribution in [2.24, 2.45) is 0 Å². The summed E-state index contributed by atoms with van der Waals surface area (Å²) in [6, 6.07) is 3.81. The van der Waals surface area contributed by atoms with Gasteiger partial charge in [-0.3, -0.25) is 10.1 Å². The van der Waals surface area contributed by atoms with E-state index in [1.807, 2.05) is 0 Å². The van der Waals surface area contributed by atoms with Gasteiger partial charge >= 0.3 is 11.7 Å². The lowest BCUT2D eigenvalue weighted by atomic mass is 10.1. The average Bonchev–Trinajstić information content (AvgIpc) is 2.37. The molecule has 0 radical (unpaired) electrons. The van der Waals surface area contributed by atoms with E-state index < -0.39 is 32.0 Å². The van der Waals surface area contributed by atoms with E-state index in [0.717, 1.165) is 6.07 Å². The maximum absolute atomic E-state index is 11.3. The first kappa shape index (κ1) is 15.9. The van der Waals surface area contributed by atoms with Crippen molar-refractivity contribution in [1.82, 2.24) is 0 Å². The van der Waals surface area contributed by atoms with Gasteiger partial charge in [0.05, 0.1) is 10.7 Å². The SMILES string of the molecule is CCS(=O)(=O)CCNc1cccc(C(=O)O)c1[N+](=O)[O-]. The molecule has 1 aromatic carbocycles. The van der Waals surface area contributed by atoms with Gasteiger partial charge in [-0.25, -0.2) is 13.2 Å². The van der Waals surface area contributed by atoms with Crippen LogP contribution in [0.1, 0.15) is 17.3 Å². The molecule has 20 heavy (non-hydrogen) atoms. The third-order valence-corrected chi connectivity index (χ3v) is 4.32. The molecule has 0 aliphatic carbocycles. The number of rotatable bonds is 7. The highest BCUT2D eigenvalue weighted by molar-refractivity contribution is 7.91. The Kier molecular flexibility index (Phi) is 5.03. The molecule has 1 aromatic rings. The molecule has 0 fully saturated rings. The smallest absolute Gasteiger partial charge is 0.342 e. The van der Waals surface area contributed by atoms with Crippen molar-refractivity contribution in [2.75, 3.05) is 23.4 Å². The number of benzene rings is 1. The molecular weight excluding hydrogens is 288 g/mol. The molecule has 110 valence electrons. The largest absolute Gasteiger partial charge is 0.477 e. The van der Waals surface area contributed by atoms with Gasteiger partial charge in [-0.15, -0.1) is 0 Å². The first-order valence-corrected chi connectivity index (χ1v) is 7.55. The lowest BCUT2D eigenvalue weighted by molar-refractivity contribution is -0.384. The molecule has 0 amide bonds. The van der Waals surface area contributed by atoms with Crippen molar-refractivity contribution >= 4 is 27.2 Å². The average molecular weight is 302 g/mol. The van der Waals surface area contributed by atoms with E-state index in [4.69, 9.17) is 5.11 Å². The number of carboxylic acid groups (broad SMARTS) is 1. The fraction of sp³-hybridized carbons (Fsp3) is 0.364. The van der Waals surface area contributed by atoms with Crippen LogP contribution in [0, 0.1) is 10.1 Å². The van der Waals surface area contributed by atoms with Crippen LogP contribution in [0.5, 0.6) is 0 Å². The lowest BCUT2D eigenvalue weighted by Gasteiger charge is -2.08. The number of hydrogen-bond donors (Lipinski definition) is 2. The number of hydrogen-bond acceptors (Lipinski definition) is 6. The Bertz CT molecular complexity index is 626. The maximum Gasteiger partial charge on any atom is 0.342 e. The van der Waals surface area contributed by atoms with Crippen molar-refractivity contribution in [3.05, 3.63) is 33.9 Å². The molecule has 0 aliphatic heterocycles. The van der Waals surface area contributed by atoms with Gasteiger partial charge in [-0.2, -0.15) is 0 Å². The van der Waals surface area contributed by atoms with Crippen LogP contribution in [0.4, 0.5) is 11.4 Å². The molecule has 0 spiro atoms. The Morgan fingerprint density at radius 1 is 1.45 bits per heavy atom. The van der Waals surface area contributed by atoms with Crippen LogP contribution in [0.2, 0.25) is 0 Å². The van der Waals surface area contributed by atoms with Gasteiger partial charge in [0.2, 0.25) is 0 Å². The molecule has 0 unspecified atom stereocenters. The quantitative estimate of drug-likeness (QED) is 0.571. The number of anilines is 1. The van der Waals surface area contributed by atoms with E-state index >= 15 is 0 Å². The fourth-order valence-corrected chi connectivity index (χ4v) is 2.24. The summed E-state index contributed by atoms with van der Waals surface area (Å²) < 4.78 is 22.6. The summed E-state index contributed by atoms with van der Waals surface area (Å²) in [5, 5.41) is 22.4. The first-order valence-electron chi connectivity index (χ1n) is 5.73. The van der Waals surface area contributed by atoms with Crippen LogP contribution < -0.4 is 5.32 Å². The molecule has 0 aromatic heterocycles. The number of nitro groups is 1. The summed E-state index contributed by atoms with van der Waals surface area (Å²) in [4.78, 5) is 21.1. The Balaban J connectivity index is 2.99. The maximum atomic E-state index is 11.3. The number of nitro benzene ring substituents is 1. The number of carboxylic acids is 1. The number of aromatic carboxylic acids is 1. The van der Waals surface area contributed by atoms with Gasteiger partial charge in [0.15, 0.2) is 9.84 Å². The van der Waals surface area contributed by atoms with Crippen molar-refractivity contribution in [3.8, 4) is 0 Å². The zero-order valence-corrected chi connectivity index (χ0v) is 11.5. The third-order valence-electron chi connectivity index (χ3n) is 2.62. The van der Waals surface area contributed by atoms with Crippen LogP contribution in [0.3, 0.4) is 0 Å². The lowest BCUT2D eigenvalue weighted by Crippen LogP contribution is -2.18. The van der Waals surface area contributed by atoms with Crippen molar-refractivity contribution in [2.45, 2.75) is 6.92 Å². The molecule has 0 heterocycles. The summed E-state index contributed by atoms with van der Waals surface area (Å²) in [5.74, 6) is -1.62. The van der Waals surface area contributed by atoms with Crippen LogP contribution in [0.15, 0.2) is 18.2 Å². The number of para-hydroxylation sites is 1. The van der Waals surface area contributed by atoms with Gasteiger partial charge in [-0.1, -0.05) is 13.0 Å². The molecule has 0 saturated heterocycles. The second-order valence-corrected chi connectivity index (χ2v) is 6.40. The molecule has 0 aliphatic rings. The van der Waals surface area contributed by atoms with Crippen LogP contribution in [0.25, 0.3) is 0 Å². The van der Waals surface area contributed by atoms with Crippen LogP contribution >= 0.6 is 0 Å². The predicted octanol–water partition coefficient (Wildman–Crippen LogP) is 1.14. The Labute approximate surface area is 115 Å². The normalized spacial score (nSPS) is 11.1. The standard InChI is InChI=1S/C11H14N2O6S/c1-2-20(18,19)7-6-12-9-5-3-4-8(11(14)15)10(9)13(16)17/h3-5,12H,2,6-7H2,1H3,(H,14,15). The highest BCUT2D eigenvalue weighted by Crippen LogP contribution is 2.28. The molecule has 1 rings (SSSR count). The molecular formula is C11H14N2O6S. The Morgan fingerprint density at radius 3 is 2.60 bits per heavy atom. The predicted molar refractivity (Wildman–Crippen MR) is 72.9 cm³/mol. The second-order valence-electron chi connectivity index (χ2n) is 3.93. The van der Waals surface area contributed by atoms with E-state index in [-0.39, 0.29) is 23.7 Å².